The SMILES string of the molecule is CCCCCCCOc1cccc(CNCc2ccccc2)c1. The highest BCUT2D eigenvalue weighted by Crippen LogP contribution is 2.14. The molecule has 0 fully saturated rings. The Bertz CT molecular complexity index is 539. The second-order valence-corrected chi connectivity index (χ2v) is 6.00. The molecule has 2 aromatic carbocycles. The predicted molar refractivity (Wildman–Crippen MR) is 97.7 cm³/mol. The molecule has 0 aromatic heterocycles. The van der Waals surface area contributed by atoms with Crippen LogP contribution >= 0.6 is 0 Å². The Hall–Kier alpha value is -1.80. The van der Waals surface area contributed by atoms with Crippen molar-refractivity contribution in [2.45, 2.75) is 52.1 Å². The summed E-state index contributed by atoms with van der Waals surface area (Å²) in [6.45, 7) is 4.82. The van der Waals surface area contributed by atoms with E-state index in [4.69, 9.17) is 4.74 Å². The van der Waals surface area contributed by atoms with E-state index in [0.29, 0.717) is 0 Å². The van der Waals surface area contributed by atoms with Crippen LogP contribution in [-0.2, 0) is 13.1 Å². The van der Waals surface area contributed by atoms with Gasteiger partial charge < -0.3 is 10.1 Å². The van der Waals surface area contributed by atoms with Crippen molar-refractivity contribution in [3.05, 3.63) is 65.7 Å². The monoisotopic (exact) mass is 311 g/mol. The zero-order valence-electron chi connectivity index (χ0n) is 14.3. The van der Waals surface area contributed by atoms with Crippen molar-refractivity contribution in [3.8, 4) is 5.75 Å². The summed E-state index contributed by atoms with van der Waals surface area (Å²) in [4.78, 5) is 0. The average molecular weight is 311 g/mol. The van der Waals surface area contributed by atoms with E-state index in [9.17, 15) is 0 Å². The molecule has 0 radical (unpaired) electrons. The van der Waals surface area contributed by atoms with Crippen LogP contribution in [0.1, 0.15) is 50.2 Å². The quantitative estimate of drug-likeness (QED) is 0.567. The number of hydrogen-bond acceptors (Lipinski definition) is 2. The first kappa shape index (κ1) is 17.6. The first-order chi connectivity index (χ1) is 11.4. The highest BCUT2D eigenvalue weighted by molar-refractivity contribution is 5.28. The number of benzene rings is 2. The molecule has 124 valence electrons. The Morgan fingerprint density at radius 3 is 2.35 bits per heavy atom. The fourth-order valence-electron chi connectivity index (χ4n) is 2.59. The maximum absolute atomic E-state index is 5.86. The molecule has 0 aliphatic rings. The van der Waals surface area contributed by atoms with Gasteiger partial charge in [0.25, 0.3) is 0 Å². The largest absolute Gasteiger partial charge is 0.494 e. The molecule has 0 aliphatic carbocycles. The Morgan fingerprint density at radius 2 is 1.52 bits per heavy atom. The van der Waals surface area contributed by atoms with Gasteiger partial charge in [0.1, 0.15) is 5.75 Å². The van der Waals surface area contributed by atoms with E-state index in [-0.39, 0.29) is 0 Å². The third-order valence-corrected chi connectivity index (χ3v) is 3.92. The standard InChI is InChI=1S/C21H29NO/c1-2-3-4-5-9-15-23-21-14-10-13-20(16-21)18-22-17-19-11-7-6-8-12-19/h6-8,10-14,16,22H,2-5,9,15,17-18H2,1H3. The van der Waals surface area contributed by atoms with Crippen LogP contribution in [0, 0.1) is 0 Å². The van der Waals surface area contributed by atoms with Gasteiger partial charge in [-0.15, -0.1) is 0 Å². The van der Waals surface area contributed by atoms with Gasteiger partial charge in [-0.2, -0.15) is 0 Å². The lowest BCUT2D eigenvalue weighted by molar-refractivity contribution is 0.304. The Balaban J connectivity index is 1.67. The maximum atomic E-state index is 5.86. The van der Waals surface area contributed by atoms with E-state index in [1.165, 1.54) is 36.8 Å². The molecule has 0 amide bonds. The van der Waals surface area contributed by atoms with Crippen LogP contribution in [0.15, 0.2) is 54.6 Å². The molecular weight excluding hydrogens is 282 g/mol. The van der Waals surface area contributed by atoms with E-state index < -0.39 is 0 Å². The zero-order valence-corrected chi connectivity index (χ0v) is 14.3. The highest BCUT2D eigenvalue weighted by Gasteiger charge is 1.98. The van der Waals surface area contributed by atoms with Crippen molar-refractivity contribution in [2.24, 2.45) is 0 Å². The molecule has 2 aromatic rings. The summed E-state index contributed by atoms with van der Waals surface area (Å²) in [7, 11) is 0. The predicted octanol–water partition coefficient (Wildman–Crippen LogP) is 5.33. The Morgan fingerprint density at radius 1 is 0.783 bits per heavy atom. The van der Waals surface area contributed by atoms with Gasteiger partial charge in [0.05, 0.1) is 6.61 Å². The topological polar surface area (TPSA) is 21.3 Å². The summed E-state index contributed by atoms with van der Waals surface area (Å²) in [6, 6.07) is 18.9. The molecule has 0 saturated carbocycles. The van der Waals surface area contributed by atoms with Crippen molar-refractivity contribution in [1.82, 2.24) is 5.32 Å². The van der Waals surface area contributed by atoms with Gasteiger partial charge in [-0.25, -0.2) is 0 Å². The molecule has 0 bridgehead atoms. The summed E-state index contributed by atoms with van der Waals surface area (Å²) in [5.74, 6) is 0.986. The highest BCUT2D eigenvalue weighted by atomic mass is 16.5. The summed E-state index contributed by atoms with van der Waals surface area (Å²) >= 11 is 0. The third kappa shape index (κ3) is 7.34. The fourth-order valence-corrected chi connectivity index (χ4v) is 2.59. The Labute approximate surface area is 140 Å². The molecule has 0 unspecified atom stereocenters. The number of nitrogens with one attached hydrogen (secondary N) is 1. The summed E-state index contributed by atoms with van der Waals surface area (Å²) in [5, 5.41) is 3.48. The van der Waals surface area contributed by atoms with Crippen LogP contribution in [0.5, 0.6) is 5.75 Å². The van der Waals surface area contributed by atoms with Gasteiger partial charge in [-0.1, -0.05) is 75.1 Å². The summed E-state index contributed by atoms with van der Waals surface area (Å²) in [5.41, 5.74) is 2.58. The lowest BCUT2D eigenvalue weighted by atomic mass is 10.1. The molecular formula is C21H29NO. The van der Waals surface area contributed by atoms with Crippen LogP contribution in [-0.4, -0.2) is 6.61 Å². The lowest BCUT2D eigenvalue weighted by Gasteiger charge is -2.09. The van der Waals surface area contributed by atoms with Crippen molar-refractivity contribution < 1.29 is 4.74 Å². The molecule has 0 saturated heterocycles. The van der Waals surface area contributed by atoms with Gasteiger partial charge >= 0.3 is 0 Å². The number of unbranched alkanes of at least 4 members (excludes halogenated alkanes) is 4. The molecule has 2 rings (SSSR count). The van der Waals surface area contributed by atoms with E-state index in [1.807, 2.05) is 12.1 Å². The fraction of sp³-hybridized carbons (Fsp3) is 0.429. The van der Waals surface area contributed by atoms with Crippen molar-refractivity contribution in [1.29, 1.82) is 0 Å². The second kappa shape index (κ2) is 10.8. The van der Waals surface area contributed by atoms with E-state index >= 15 is 0 Å². The van der Waals surface area contributed by atoms with Gasteiger partial charge in [0.15, 0.2) is 0 Å². The van der Waals surface area contributed by atoms with Crippen LogP contribution in [0.2, 0.25) is 0 Å². The van der Waals surface area contributed by atoms with Crippen LogP contribution in [0.25, 0.3) is 0 Å². The third-order valence-electron chi connectivity index (χ3n) is 3.92. The van der Waals surface area contributed by atoms with Gasteiger partial charge in [0.2, 0.25) is 0 Å². The van der Waals surface area contributed by atoms with Crippen molar-refractivity contribution >= 4 is 0 Å². The molecule has 23 heavy (non-hydrogen) atoms. The van der Waals surface area contributed by atoms with Crippen molar-refractivity contribution in [3.63, 3.8) is 0 Å². The van der Waals surface area contributed by atoms with Crippen molar-refractivity contribution in [2.75, 3.05) is 6.61 Å². The van der Waals surface area contributed by atoms with Gasteiger partial charge in [0, 0.05) is 13.1 Å². The zero-order chi connectivity index (χ0) is 16.2. The van der Waals surface area contributed by atoms with Crippen LogP contribution in [0.4, 0.5) is 0 Å². The van der Waals surface area contributed by atoms with Gasteiger partial charge in [-0.3, -0.25) is 0 Å². The van der Waals surface area contributed by atoms with E-state index in [2.05, 4.69) is 54.7 Å². The second-order valence-electron chi connectivity index (χ2n) is 6.00. The minimum atomic E-state index is 0.824. The first-order valence-electron chi connectivity index (χ1n) is 8.85. The first-order valence-corrected chi connectivity index (χ1v) is 8.85. The normalized spacial score (nSPS) is 10.7. The van der Waals surface area contributed by atoms with Crippen LogP contribution in [0.3, 0.4) is 0 Å². The molecule has 2 heteroatoms. The summed E-state index contributed by atoms with van der Waals surface area (Å²) in [6.07, 6.45) is 6.37. The van der Waals surface area contributed by atoms with E-state index in [0.717, 1.165) is 31.9 Å². The smallest absolute Gasteiger partial charge is 0.119 e. The van der Waals surface area contributed by atoms with Crippen LogP contribution < -0.4 is 10.1 Å². The Kier molecular flexibility index (Phi) is 8.28. The number of hydrogen-bond donors (Lipinski definition) is 1. The van der Waals surface area contributed by atoms with Gasteiger partial charge in [-0.05, 0) is 29.7 Å². The molecule has 0 spiro atoms. The molecule has 1 N–H and O–H groups in total. The number of rotatable bonds is 11. The minimum absolute atomic E-state index is 0.824. The average Bonchev–Trinajstić information content (AvgIpc) is 2.59. The molecule has 0 atom stereocenters. The minimum Gasteiger partial charge on any atom is -0.494 e. The van der Waals surface area contributed by atoms with E-state index in [1.54, 1.807) is 0 Å². The maximum Gasteiger partial charge on any atom is 0.119 e. The summed E-state index contributed by atoms with van der Waals surface area (Å²) < 4.78 is 5.86. The lowest BCUT2D eigenvalue weighted by Crippen LogP contribution is -2.12. The number of ether oxygens (including phenoxy) is 1. The molecule has 0 heterocycles. The molecule has 2 nitrogen and oxygen atoms in total. The molecule has 0 aliphatic heterocycles.